The van der Waals surface area contributed by atoms with E-state index in [1.807, 2.05) is 61.5 Å². The van der Waals surface area contributed by atoms with Crippen LogP contribution in [0.3, 0.4) is 0 Å². The Labute approximate surface area is 134 Å². The molecule has 1 heterocycles. The zero-order valence-electron chi connectivity index (χ0n) is 12.7. The number of H-pyrrole nitrogens is 1. The van der Waals surface area contributed by atoms with Gasteiger partial charge in [0.05, 0.1) is 11.9 Å². The Morgan fingerprint density at radius 2 is 1.87 bits per heavy atom. The number of nitrogens with one attached hydrogen (secondary N) is 2. The molecule has 0 saturated heterocycles. The van der Waals surface area contributed by atoms with E-state index in [2.05, 4.69) is 15.3 Å². The standard InChI is InChI=1S/C18H17N3O2/c1-13-19-11-17(20-13)14-7-9-15(10-8-14)21-18(22)12-23-16-5-3-2-4-6-16/h2-11H,12H2,1H3,(H,19,20)(H,21,22). The number of aromatic nitrogens is 2. The van der Waals surface area contributed by atoms with Gasteiger partial charge in [0.15, 0.2) is 6.61 Å². The SMILES string of the molecule is Cc1ncc(-c2ccc(NC(=O)COc3ccccc3)cc2)[nH]1. The van der Waals surface area contributed by atoms with Crippen LogP contribution < -0.4 is 10.1 Å². The summed E-state index contributed by atoms with van der Waals surface area (Å²) in [6, 6.07) is 16.8. The van der Waals surface area contributed by atoms with E-state index in [0.717, 1.165) is 22.8 Å². The highest BCUT2D eigenvalue weighted by molar-refractivity contribution is 5.92. The van der Waals surface area contributed by atoms with Crippen molar-refractivity contribution in [1.82, 2.24) is 9.97 Å². The molecule has 116 valence electrons. The van der Waals surface area contributed by atoms with Crippen molar-refractivity contribution in [1.29, 1.82) is 0 Å². The van der Waals surface area contributed by atoms with E-state index in [1.54, 1.807) is 6.20 Å². The summed E-state index contributed by atoms with van der Waals surface area (Å²) in [6.45, 7) is 1.89. The quantitative estimate of drug-likeness (QED) is 0.759. The molecule has 0 spiro atoms. The first-order valence-corrected chi connectivity index (χ1v) is 7.30. The van der Waals surface area contributed by atoms with Crippen molar-refractivity contribution in [3.63, 3.8) is 0 Å². The van der Waals surface area contributed by atoms with Gasteiger partial charge in [0.25, 0.3) is 5.91 Å². The van der Waals surface area contributed by atoms with E-state index >= 15 is 0 Å². The molecule has 0 aliphatic carbocycles. The van der Waals surface area contributed by atoms with Gasteiger partial charge in [-0.1, -0.05) is 30.3 Å². The van der Waals surface area contributed by atoms with Gasteiger partial charge >= 0.3 is 0 Å². The van der Waals surface area contributed by atoms with Crippen LogP contribution in [0.1, 0.15) is 5.82 Å². The predicted octanol–water partition coefficient (Wildman–Crippen LogP) is 3.40. The highest BCUT2D eigenvalue weighted by atomic mass is 16.5. The van der Waals surface area contributed by atoms with E-state index in [9.17, 15) is 4.79 Å². The number of carbonyl (C=O) groups is 1. The summed E-state index contributed by atoms with van der Waals surface area (Å²) in [7, 11) is 0. The molecule has 2 aromatic carbocycles. The number of benzene rings is 2. The van der Waals surface area contributed by atoms with Gasteiger partial charge in [-0.05, 0) is 36.8 Å². The average molecular weight is 307 g/mol. The summed E-state index contributed by atoms with van der Waals surface area (Å²) in [5.74, 6) is 1.35. The van der Waals surface area contributed by atoms with Crippen LogP contribution in [-0.4, -0.2) is 22.5 Å². The first-order valence-electron chi connectivity index (χ1n) is 7.30. The molecule has 0 aliphatic heterocycles. The van der Waals surface area contributed by atoms with Crippen LogP contribution in [0, 0.1) is 6.92 Å². The van der Waals surface area contributed by atoms with Gasteiger partial charge in [0.2, 0.25) is 0 Å². The molecule has 0 aliphatic rings. The zero-order chi connectivity index (χ0) is 16.1. The first kappa shape index (κ1) is 14.8. The molecule has 0 radical (unpaired) electrons. The summed E-state index contributed by atoms with van der Waals surface area (Å²) < 4.78 is 5.41. The van der Waals surface area contributed by atoms with E-state index < -0.39 is 0 Å². The lowest BCUT2D eigenvalue weighted by atomic mass is 10.1. The van der Waals surface area contributed by atoms with Crippen LogP contribution in [0.2, 0.25) is 0 Å². The van der Waals surface area contributed by atoms with Gasteiger partial charge in [-0.3, -0.25) is 4.79 Å². The lowest BCUT2D eigenvalue weighted by Crippen LogP contribution is -2.20. The smallest absolute Gasteiger partial charge is 0.262 e. The Morgan fingerprint density at radius 3 is 2.52 bits per heavy atom. The first-order chi connectivity index (χ1) is 11.2. The summed E-state index contributed by atoms with van der Waals surface area (Å²) in [5.41, 5.74) is 2.70. The highest BCUT2D eigenvalue weighted by Gasteiger charge is 2.05. The second kappa shape index (κ2) is 6.79. The van der Waals surface area contributed by atoms with Crippen molar-refractivity contribution >= 4 is 11.6 Å². The van der Waals surface area contributed by atoms with Crippen LogP contribution >= 0.6 is 0 Å². The normalized spacial score (nSPS) is 10.3. The fourth-order valence-corrected chi connectivity index (χ4v) is 2.16. The number of para-hydroxylation sites is 1. The minimum Gasteiger partial charge on any atom is -0.484 e. The van der Waals surface area contributed by atoms with Crippen molar-refractivity contribution in [2.75, 3.05) is 11.9 Å². The van der Waals surface area contributed by atoms with E-state index in [1.165, 1.54) is 0 Å². The maximum atomic E-state index is 11.9. The van der Waals surface area contributed by atoms with Crippen LogP contribution in [0.25, 0.3) is 11.3 Å². The predicted molar refractivity (Wildman–Crippen MR) is 89.3 cm³/mol. The summed E-state index contributed by atoms with van der Waals surface area (Å²) in [4.78, 5) is 19.2. The topological polar surface area (TPSA) is 67.0 Å². The summed E-state index contributed by atoms with van der Waals surface area (Å²) in [5, 5.41) is 2.81. The molecule has 0 unspecified atom stereocenters. The van der Waals surface area contributed by atoms with Crippen LogP contribution in [-0.2, 0) is 4.79 Å². The van der Waals surface area contributed by atoms with Crippen molar-refractivity contribution in [2.45, 2.75) is 6.92 Å². The maximum Gasteiger partial charge on any atom is 0.262 e. The Morgan fingerprint density at radius 1 is 1.13 bits per heavy atom. The largest absolute Gasteiger partial charge is 0.484 e. The average Bonchev–Trinajstić information content (AvgIpc) is 3.01. The van der Waals surface area contributed by atoms with Gasteiger partial charge in [0, 0.05) is 5.69 Å². The molecule has 5 nitrogen and oxygen atoms in total. The minimum absolute atomic E-state index is 0.0223. The Balaban J connectivity index is 1.56. The molecule has 3 aromatic rings. The number of hydrogen-bond acceptors (Lipinski definition) is 3. The second-order valence-electron chi connectivity index (χ2n) is 5.11. The lowest BCUT2D eigenvalue weighted by Gasteiger charge is -2.08. The van der Waals surface area contributed by atoms with Gasteiger partial charge in [-0.25, -0.2) is 4.98 Å². The number of ether oxygens (including phenoxy) is 1. The van der Waals surface area contributed by atoms with Crippen LogP contribution in [0.4, 0.5) is 5.69 Å². The van der Waals surface area contributed by atoms with Gasteiger partial charge in [-0.2, -0.15) is 0 Å². The number of rotatable bonds is 5. The number of anilines is 1. The molecule has 5 heteroatoms. The molecule has 2 N–H and O–H groups in total. The number of aromatic amines is 1. The van der Waals surface area contributed by atoms with Crippen molar-refractivity contribution in [3.05, 3.63) is 66.6 Å². The molecule has 0 bridgehead atoms. The Bertz CT molecular complexity index is 780. The van der Waals surface area contributed by atoms with Crippen LogP contribution in [0.15, 0.2) is 60.8 Å². The molecule has 23 heavy (non-hydrogen) atoms. The number of hydrogen-bond donors (Lipinski definition) is 2. The molecular formula is C18H17N3O2. The molecule has 3 rings (SSSR count). The van der Waals surface area contributed by atoms with Gasteiger partial charge in [-0.15, -0.1) is 0 Å². The van der Waals surface area contributed by atoms with Crippen molar-refractivity contribution in [3.8, 4) is 17.0 Å². The molecule has 1 aromatic heterocycles. The maximum absolute atomic E-state index is 11.9. The van der Waals surface area contributed by atoms with E-state index in [4.69, 9.17) is 4.74 Å². The molecular weight excluding hydrogens is 290 g/mol. The number of nitrogens with zero attached hydrogens (tertiary/aromatic N) is 1. The van der Waals surface area contributed by atoms with E-state index in [-0.39, 0.29) is 12.5 Å². The zero-order valence-corrected chi connectivity index (χ0v) is 12.7. The van der Waals surface area contributed by atoms with Gasteiger partial charge < -0.3 is 15.0 Å². The van der Waals surface area contributed by atoms with Crippen molar-refractivity contribution in [2.24, 2.45) is 0 Å². The van der Waals surface area contributed by atoms with Crippen LogP contribution in [0.5, 0.6) is 5.75 Å². The fourth-order valence-electron chi connectivity index (χ4n) is 2.16. The summed E-state index contributed by atoms with van der Waals surface area (Å²) >= 11 is 0. The number of imidazole rings is 1. The lowest BCUT2D eigenvalue weighted by molar-refractivity contribution is -0.118. The van der Waals surface area contributed by atoms with Gasteiger partial charge in [0.1, 0.15) is 11.6 Å². The second-order valence-corrected chi connectivity index (χ2v) is 5.11. The third-order valence-corrected chi connectivity index (χ3v) is 3.30. The molecule has 0 fully saturated rings. The van der Waals surface area contributed by atoms with Crippen molar-refractivity contribution < 1.29 is 9.53 Å². The molecule has 0 saturated carbocycles. The summed E-state index contributed by atoms with van der Waals surface area (Å²) in [6.07, 6.45) is 1.79. The fraction of sp³-hybridized carbons (Fsp3) is 0.111. The minimum atomic E-state index is -0.195. The monoisotopic (exact) mass is 307 g/mol. The molecule has 1 amide bonds. The number of amides is 1. The molecule has 0 atom stereocenters. The number of carbonyl (C=O) groups excluding carboxylic acids is 1. The third kappa shape index (κ3) is 3.97. The highest BCUT2D eigenvalue weighted by Crippen LogP contribution is 2.19. The van der Waals surface area contributed by atoms with E-state index in [0.29, 0.717) is 5.75 Å². The number of aryl methyl sites for hydroxylation is 1. The Hall–Kier alpha value is -3.08. The third-order valence-electron chi connectivity index (χ3n) is 3.30. The Kier molecular flexibility index (Phi) is 4.38.